The molecule has 8 heteroatoms. The summed E-state index contributed by atoms with van der Waals surface area (Å²) in [6, 6.07) is 6.74. The Morgan fingerprint density at radius 1 is 1.40 bits per heavy atom. The monoisotopic (exact) mass is 275 g/mol. The molecular weight excluding hydrogens is 262 g/mol. The lowest BCUT2D eigenvalue weighted by Gasteiger charge is -2.04. The molecule has 0 aliphatic rings. The number of carbonyl (C=O) groups excluding carboxylic acids is 1. The van der Waals surface area contributed by atoms with Crippen molar-refractivity contribution in [3.63, 3.8) is 0 Å². The fourth-order valence-corrected chi connectivity index (χ4v) is 1.58. The van der Waals surface area contributed by atoms with E-state index in [9.17, 15) is 9.59 Å². The summed E-state index contributed by atoms with van der Waals surface area (Å²) in [5.41, 5.74) is 1.09. The van der Waals surface area contributed by atoms with Crippen LogP contribution in [0.2, 0.25) is 0 Å². The number of nitrogens with zero attached hydrogens (tertiary/aromatic N) is 4. The van der Waals surface area contributed by atoms with Gasteiger partial charge in [-0.1, -0.05) is 12.1 Å². The van der Waals surface area contributed by atoms with Crippen molar-refractivity contribution in [1.82, 2.24) is 25.5 Å². The van der Waals surface area contributed by atoms with Crippen molar-refractivity contribution in [2.24, 2.45) is 7.05 Å². The van der Waals surface area contributed by atoms with E-state index in [2.05, 4.69) is 20.7 Å². The van der Waals surface area contributed by atoms with Gasteiger partial charge in [-0.3, -0.25) is 9.59 Å². The quantitative estimate of drug-likeness (QED) is 0.799. The number of rotatable bonds is 5. The van der Waals surface area contributed by atoms with Gasteiger partial charge in [-0.25, -0.2) is 0 Å². The topological polar surface area (TPSA) is 110 Å². The van der Waals surface area contributed by atoms with E-state index in [0.717, 1.165) is 0 Å². The number of carbonyl (C=O) groups is 2. The summed E-state index contributed by atoms with van der Waals surface area (Å²) in [5.74, 6) is -0.868. The Labute approximate surface area is 114 Å². The Hall–Kier alpha value is -2.77. The maximum atomic E-state index is 11.8. The molecule has 0 aliphatic heterocycles. The highest BCUT2D eigenvalue weighted by Gasteiger charge is 2.10. The maximum absolute atomic E-state index is 11.8. The fourth-order valence-electron chi connectivity index (χ4n) is 1.58. The van der Waals surface area contributed by atoms with E-state index in [1.807, 2.05) is 0 Å². The van der Waals surface area contributed by atoms with Gasteiger partial charge in [0.25, 0.3) is 5.91 Å². The third-order valence-corrected chi connectivity index (χ3v) is 2.52. The molecule has 1 amide bonds. The molecule has 8 nitrogen and oxygen atoms in total. The van der Waals surface area contributed by atoms with Crippen LogP contribution >= 0.6 is 0 Å². The SMILES string of the molecule is Cn1nnc(-c2cccc(C(=O)NCCC(=O)O)c2)n1. The van der Waals surface area contributed by atoms with Crippen LogP contribution in [0.5, 0.6) is 0 Å². The minimum Gasteiger partial charge on any atom is -0.481 e. The highest BCUT2D eigenvalue weighted by atomic mass is 16.4. The molecule has 0 atom stereocenters. The summed E-state index contributed by atoms with van der Waals surface area (Å²) in [4.78, 5) is 23.6. The molecule has 0 unspecified atom stereocenters. The molecule has 1 aromatic carbocycles. The zero-order chi connectivity index (χ0) is 14.5. The molecule has 1 aromatic heterocycles. The van der Waals surface area contributed by atoms with Crippen LogP contribution in [0.25, 0.3) is 11.4 Å². The molecule has 0 fully saturated rings. The summed E-state index contributed by atoms with van der Waals surface area (Å²) in [6.45, 7) is 0.0851. The molecule has 2 rings (SSSR count). The van der Waals surface area contributed by atoms with Crippen molar-refractivity contribution >= 4 is 11.9 Å². The lowest BCUT2D eigenvalue weighted by Crippen LogP contribution is -2.25. The number of benzene rings is 1. The van der Waals surface area contributed by atoms with E-state index >= 15 is 0 Å². The van der Waals surface area contributed by atoms with Gasteiger partial charge in [-0.2, -0.15) is 4.80 Å². The second-order valence-electron chi connectivity index (χ2n) is 4.08. The lowest BCUT2D eigenvalue weighted by molar-refractivity contribution is -0.136. The molecule has 0 radical (unpaired) electrons. The third kappa shape index (κ3) is 3.37. The maximum Gasteiger partial charge on any atom is 0.305 e. The Morgan fingerprint density at radius 3 is 2.85 bits per heavy atom. The smallest absolute Gasteiger partial charge is 0.305 e. The Balaban J connectivity index is 2.09. The summed E-state index contributed by atoms with van der Waals surface area (Å²) in [7, 11) is 1.65. The van der Waals surface area contributed by atoms with Crippen molar-refractivity contribution in [1.29, 1.82) is 0 Å². The Kier molecular flexibility index (Phi) is 4.04. The average Bonchev–Trinajstić information content (AvgIpc) is 2.85. The minimum absolute atomic E-state index is 0.0851. The van der Waals surface area contributed by atoms with Gasteiger partial charge in [-0.05, 0) is 17.3 Å². The Bertz CT molecular complexity index is 638. The summed E-state index contributed by atoms with van der Waals surface area (Å²) in [5, 5.41) is 22.7. The van der Waals surface area contributed by atoms with Gasteiger partial charge in [0, 0.05) is 17.7 Å². The van der Waals surface area contributed by atoms with E-state index in [1.54, 1.807) is 31.3 Å². The first-order valence-electron chi connectivity index (χ1n) is 5.90. The highest BCUT2D eigenvalue weighted by Crippen LogP contribution is 2.15. The molecule has 20 heavy (non-hydrogen) atoms. The van der Waals surface area contributed by atoms with Gasteiger partial charge >= 0.3 is 5.97 Å². The van der Waals surface area contributed by atoms with Crippen molar-refractivity contribution < 1.29 is 14.7 Å². The second-order valence-corrected chi connectivity index (χ2v) is 4.08. The first-order valence-corrected chi connectivity index (χ1v) is 5.90. The number of nitrogens with one attached hydrogen (secondary N) is 1. The summed E-state index contributed by atoms with van der Waals surface area (Å²) < 4.78 is 0. The number of carboxylic acid groups (broad SMARTS) is 1. The molecule has 2 aromatic rings. The van der Waals surface area contributed by atoms with E-state index in [-0.39, 0.29) is 18.9 Å². The molecule has 2 N–H and O–H groups in total. The van der Waals surface area contributed by atoms with Crippen LogP contribution in [0.3, 0.4) is 0 Å². The first-order chi connectivity index (χ1) is 9.56. The number of aryl methyl sites for hydroxylation is 1. The zero-order valence-electron chi connectivity index (χ0n) is 10.8. The largest absolute Gasteiger partial charge is 0.481 e. The second kappa shape index (κ2) is 5.91. The molecule has 0 aliphatic carbocycles. The number of aromatic nitrogens is 4. The number of tetrazole rings is 1. The van der Waals surface area contributed by atoms with Gasteiger partial charge in [-0.15, -0.1) is 10.2 Å². The number of hydrogen-bond donors (Lipinski definition) is 2. The van der Waals surface area contributed by atoms with E-state index in [4.69, 9.17) is 5.11 Å². The van der Waals surface area contributed by atoms with E-state index < -0.39 is 5.97 Å². The van der Waals surface area contributed by atoms with E-state index in [1.165, 1.54) is 4.80 Å². The first kappa shape index (κ1) is 13.7. The fraction of sp³-hybridized carbons (Fsp3) is 0.250. The predicted molar refractivity (Wildman–Crippen MR) is 68.8 cm³/mol. The predicted octanol–water partition coefficient (Wildman–Crippen LogP) is 0.0816. The molecule has 0 bridgehead atoms. The normalized spacial score (nSPS) is 10.2. The van der Waals surface area contributed by atoms with Gasteiger partial charge in [0.05, 0.1) is 13.5 Å². The van der Waals surface area contributed by atoms with Gasteiger partial charge < -0.3 is 10.4 Å². The average molecular weight is 275 g/mol. The van der Waals surface area contributed by atoms with Gasteiger partial charge in [0.2, 0.25) is 5.82 Å². The van der Waals surface area contributed by atoms with Crippen LogP contribution < -0.4 is 5.32 Å². The van der Waals surface area contributed by atoms with Crippen LogP contribution in [0.1, 0.15) is 16.8 Å². The molecule has 0 saturated carbocycles. The molecule has 1 heterocycles. The molecule has 104 valence electrons. The van der Waals surface area contributed by atoms with Crippen molar-refractivity contribution in [3.8, 4) is 11.4 Å². The summed E-state index contributed by atoms with van der Waals surface area (Å²) >= 11 is 0. The molecule has 0 saturated heterocycles. The molecular formula is C12H13N5O3. The number of amides is 1. The highest BCUT2D eigenvalue weighted by molar-refractivity contribution is 5.95. The van der Waals surface area contributed by atoms with Crippen LogP contribution in [-0.2, 0) is 11.8 Å². The van der Waals surface area contributed by atoms with E-state index in [0.29, 0.717) is 17.0 Å². The molecule has 0 spiro atoms. The standard InChI is InChI=1S/C12H13N5O3/c1-17-15-11(14-16-17)8-3-2-4-9(7-8)12(20)13-6-5-10(18)19/h2-4,7H,5-6H2,1H3,(H,13,20)(H,18,19). The summed E-state index contributed by atoms with van der Waals surface area (Å²) in [6.07, 6.45) is -0.114. The minimum atomic E-state index is -0.956. The van der Waals surface area contributed by atoms with Crippen LogP contribution in [0.4, 0.5) is 0 Å². The van der Waals surface area contributed by atoms with Crippen LogP contribution in [0, 0.1) is 0 Å². The van der Waals surface area contributed by atoms with Crippen LogP contribution in [-0.4, -0.2) is 43.7 Å². The van der Waals surface area contributed by atoms with Crippen molar-refractivity contribution in [3.05, 3.63) is 29.8 Å². The number of carboxylic acids is 1. The number of hydrogen-bond acceptors (Lipinski definition) is 5. The van der Waals surface area contributed by atoms with Crippen molar-refractivity contribution in [2.45, 2.75) is 6.42 Å². The number of aliphatic carboxylic acids is 1. The van der Waals surface area contributed by atoms with Gasteiger partial charge in [0.15, 0.2) is 0 Å². The Morgan fingerprint density at radius 2 is 2.20 bits per heavy atom. The lowest BCUT2D eigenvalue weighted by atomic mass is 10.1. The third-order valence-electron chi connectivity index (χ3n) is 2.52. The zero-order valence-corrected chi connectivity index (χ0v) is 10.8. The van der Waals surface area contributed by atoms with Gasteiger partial charge in [0.1, 0.15) is 0 Å². The van der Waals surface area contributed by atoms with Crippen molar-refractivity contribution in [2.75, 3.05) is 6.54 Å². The van der Waals surface area contributed by atoms with Crippen LogP contribution in [0.15, 0.2) is 24.3 Å².